The highest BCUT2D eigenvalue weighted by Gasteiger charge is 2.22. The van der Waals surface area contributed by atoms with Crippen molar-refractivity contribution in [1.82, 2.24) is 9.97 Å². The van der Waals surface area contributed by atoms with Crippen LogP contribution in [0.15, 0.2) is 54.9 Å². The molecule has 0 radical (unpaired) electrons. The Labute approximate surface area is 160 Å². The number of benzene rings is 2. The maximum Gasteiger partial charge on any atom is 0.258 e. The van der Waals surface area contributed by atoms with Gasteiger partial charge in [0.1, 0.15) is 0 Å². The van der Waals surface area contributed by atoms with Gasteiger partial charge in [-0.15, -0.1) is 0 Å². The van der Waals surface area contributed by atoms with Gasteiger partial charge in [0.25, 0.3) is 5.91 Å². The first kappa shape index (κ1) is 16.8. The third-order valence-corrected chi connectivity index (χ3v) is 5.05. The van der Waals surface area contributed by atoms with Crippen molar-refractivity contribution in [3.8, 4) is 0 Å². The van der Waals surface area contributed by atoms with Gasteiger partial charge in [0.05, 0.1) is 21.3 Å². The van der Waals surface area contributed by atoms with Crippen molar-refractivity contribution in [1.29, 1.82) is 0 Å². The molecule has 4 rings (SSSR count). The van der Waals surface area contributed by atoms with Crippen LogP contribution in [0.25, 0.3) is 0 Å². The summed E-state index contributed by atoms with van der Waals surface area (Å²) in [5.74, 6) is 0.231. The predicted molar refractivity (Wildman–Crippen MR) is 104 cm³/mol. The summed E-state index contributed by atoms with van der Waals surface area (Å²) in [6.07, 6.45) is 3.98. The maximum absolute atomic E-state index is 12.4. The molecular formula is C19H14Cl2N4O. The van der Waals surface area contributed by atoms with Crippen molar-refractivity contribution in [2.24, 2.45) is 0 Å². The van der Waals surface area contributed by atoms with Gasteiger partial charge in [-0.2, -0.15) is 0 Å². The van der Waals surface area contributed by atoms with E-state index in [1.165, 1.54) is 18.0 Å². The Balaban J connectivity index is 1.53. The van der Waals surface area contributed by atoms with E-state index in [9.17, 15) is 4.79 Å². The van der Waals surface area contributed by atoms with Gasteiger partial charge in [-0.1, -0.05) is 47.5 Å². The van der Waals surface area contributed by atoms with Gasteiger partial charge in [-0.25, -0.2) is 9.97 Å². The second kappa shape index (κ2) is 6.94. The van der Waals surface area contributed by atoms with Gasteiger partial charge in [-0.3, -0.25) is 4.79 Å². The van der Waals surface area contributed by atoms with Crippen LogP contribution in [0.5, 0.6) is 0 Å². The number of halogens is 2. The van der Waals surface area contributed by atoms with E-state index in [4.69, 9.17) is 23.2 Å². The predicted octanol–water partition coefficient (Wildman–Crippen LogP) is 4.73. The van der Waals surface area contributed by atoms with Crippen LogP contribution in [-0.4, -0.2) is 22.4 Å². The lowest BCUT2D eigenvalue weighted by Crippen LogP contribution is -2.18. The number of amides is 1. The summed E-state index contributed by atoms with van der Waals surface area (Å²) in [6.45, 7) is 0.822. The number of anilines is 3. The van der Waals surface area contributed by atoms with Crippen LogP contribution in [0.2, 0.25) is 10.0 Å². The van der Waals surface area contributed by atoms with Crippen LogP contribution < -0.4 is 10.2 Å². The van der Waals surface area contributed by atoms with Crippen LogP contribution in [0.3, 0.4) is 0 Å². The second-order valence-electron chi connectivity index (χ2n) is 5.86. The average Bonchev–Trinajstić information content (AvgIpc) is 3.10. The van der Waals surface area contributed by atoms with Crippen molar-refractivity contribution >= 4 is 46.4 Å². The van der Waals surface area contributed by atoms with Crippen LogP contribution >= 0.6 is 23.2 Å². The van der Waals surface area contributed by atoms with Crippen molar-refractivity contribution in [3.63, 3.8) is 0 Å². The lowest BCUT2D eigenvalue weighted by molar-refractivity contribution is 0.102. The highest BCUT2D eigenvalue weighted by molar-refractivity contribution is 6.44. The molecule has 1 N–H and O–H groups in total. The Morgan fingerprint density at radius 2 is 1.81 bits per heavy atom. The molecule has 2 aromatic carbocycles. The van der Waals surface area contributed by atoms with Crippen LogP contribution in [0.1, 0.15) is 15.9 Å². The highest BCUT2D eigenvalue weighted by atomic mass is 35.5. The molecule has 0 unspecified atom stereocenters. The standard InChI is InChI=1S/C19H14Cl2N4O/c20-14-5-3-6-15(17(14)21)24-18(26)13-10-22-19(23-11-13)25-9-8-12-4-1-2-7-16(12)25/h1-7,10-11H,8-9H2,(H,24,26). The third kappa shape index (κ3) is 3.11. The number of carbonyl (C=O) groups excluding carboxylic acids is 1. The van der Waals surface area contributed by atoms with Crippen molar-refractivity contribution in [2.45, 2.75) is 6.42 Å². The van der Waals surface area contributed by atoms with Gasteiger partial charge >= 0.3 is 0 Å². The molecule has 0 atom stereocenters. The zero-order valence-electron chi connectivity index (χ0n) is 13.6. The zero-order chi connectivity index (χ0) is 18.1. The number of nitrogens with zero attached hydrogens (tertiary/aromatic N) is 3. The molecule has 1 aliphatic heterocycles. The SMILES string of the molecule is O=C(Nc1cccc(Cl)c1Cl)c1cnc(N2CCc3ccccc32)nc1. The average molecular weight is 385 g/mol. The molecule has 3 aromatic rings. The fourth-order valence-electron chi connectivity index (χ4n) is 2.92. The fraction of sp³-hybridized carbons (Fsp3) is 0.105. The first-order chi connectivity index (χ1) is 12.6. The molecule has 1 aliphatic rings. The van der Waals surface area contributed by atoms with Gasteiger partial charge < -0.3 is 10.2 Å². The third-order valence-electron chi connectivity index (χ3n) is 4.23. The van der Waals surface area contributed by atoms with Gasteiger partial charge in [0, 0.05) is 24.6 Å². The molecule has 0 aliphatic carbocycles. The topological polar surface area (TPSA) is 58.1 Å². The van der Waals surface area contributed by atoms with Crippen molar-refractivity contribution in [2.75, 3.05) is 16.8 Å². The minimum absolute atomic E-state index is 0.300. The molecule has 26 heavy (non-hydrogen) atoms. The number of hydrogen-bond donors (Lipinski definition) is 1. The quantitative estimate of drug-likeness (QED) is 0.708. The van der Waals surface area contributed by atoms with Gasteiger partial charge in [0.15, 0.2) is 0 Å². The summed E-state index contributed by atoms with van der Waals surface area (Å²) in [6, 6.07) is 13.2. The van der Waals surface area contributed by atoms with E-state index in [0.717, 1.165) is 18.7 Å². The van der Waals surface area contributed by atoms with Gasteiger partial charge in [-0.05, 0) is 30.2 Å². The number of rotatable bonds is 3. The van der Waals surface area contributed by atoms with E-state index in [-0.39, 0.29) is 5.91 Å². The monoisotopic (exact) mass is 384 g/mol. The molecule has 0 bridgehead atoms. The minimum atomic E-state index is -0.345. The number of nitrogens with one attached hydrogen (secondary N) is 1. The lowest BCUT2D eigenvalue weighted by atomic mass is 10.2. The molecule has 1 aromatic heterocycles. The van der Waals surface area contributed by atoms with Crippen molar-refractivity contribution < 1.29 is 4.79 Å². The number of carbonyl (C=O) groups is 1. The van der Waals surface area contributed by atoms with E-state index in [0.29, 0.717) is 27.2 Å². The number of para-hydroxylation sites is 1. The van der Waals surface area contributed by atoms with E-state index in [1.807, 2.05) is 23.1 Å². The maximum atomic E-state index is 12.4. The summed E-state index contributed by atoms with van der Waals surface area (Å²) >= 11 is 12.1. The Hall–Kier alpha value is -2.63. The van der Waals surface area contributed by atoms with Crippen molar-refractivity contribution in [3.05, 3.63) is 76.0 Å². The summed E-state index contributed by atoms with van der Waals surface area (Å²) in [7, 11) is 0. The molecule has 1 amide bonds. The first-order valence-electron chi connectivity index (χ1n) is 8.06. The Kier molecular flexibility index (Phi) is 4.49. The lowest BCUT2D eigenvalue weighted by Gasteiger charge is -2.17. The summed E-state index contributed by atoms with van der Waals surface area (Å²) in [4.78, 5) is 23.2. The minimum Gasteiger partial charge on any atom is -0.320 e. The van der Waals surface area contributed by atoms with Crippen LogP contribution in [0.4, 0.5) is 17.3 Å². The summed E-state index contributed by atoms with van der Waals surface area (Å²) in [5, 5.41) is 3.40. The Bertz CT molecular complexity index is 976. The molecule has 130 valence electrons. The highest BCUT2D eigenvalue weighted by Crippen LogP contribution is 2.32. The zero-order valence-corrected chi connectivity index (χ0v) is 15.1. The molecule has 0 fully saturated rings. The van der Waals surface area contributed by atoms with E-state index in [2.05, 4.69) is 21.4 Å². The first-order valence-corrected chi connectivity index (χ1v) is 8.82. The molecule has 2 heterocycles. The Morgan fingerprint density at radius 1 is 1.04 bits per heavy atom. The van der Waals surface area contributed by atoms with E-state index < -0.39 is 0 Å². The molecule has 7 heteroatoms. The Morgan fingerprint density at radius 3 is 2.62 bits per heavy atom. The van der Waals surface area contributed by atoms with Crippen LogP contribution in [0, 0.1) is 0 Å². The largest absolute Gasteiger partial charge is 0.320 e. The van der Waals surface area contributed by atoms with Gasteiger partial charge in [0.2, 0.25) is 5.95 Å². The normalized spacial score (nSPS) is 12.8. The number of aromatic nitrogens is 2. The number of hydrogen-bond acceptors (Lipinski definition) is 4. The molecule has 0 saturated carbocycles. The molecular weight excluding hydrogens is 371 g/mol. The fourth-order valence-corrected chi connectivity index (χ4v) is 3.27. The molecule has 0 saturated heterocycles. The summed E-state index contributed by atoms with van der Waals surface area (Å²) in [5.41, 5.74) is 3.17. The molecule has 0 spiro atoms. The van der Waals surface area contributed by atoms with E-state index >= 15 is 0 Å². The number of fused-ring (bicyclic) bond motifs is 1. The molecule has 5 nitrogen and oxygen atoms in total. The van der Waals surface area contributed by atoms with E-state index in [1.54, 1.807) is 18.2 Å². The van der Waals surface area contributed by atoms with Crippen LogP contribution in [-0.2, 0) is 6.42 Å². The second-order valence-corrected chi connectivity index (χ2v) is 6.64. The smallest absolute Gasteiger partial charge is 0.258 e. The summed E-state index contributed by atoms with van der Waals surface area (Å²) < 4.78 is 0.